The molecule has 20 aromatic rings. The summed E-state index contributed by atoms with van der Waals surface area (Å²) in [6.45, 7) is 12.5. The summed E-state index contributed by atoms with van der Waals surface area (Å²) < 4.78 is 8.18. The molecule has 20 rings (SSSR count). The van der Waals surface area contributed by atoms with Crippen LogP contribution in [0.25, 0.3) is 141 Å². The number of nitriles is 1. The van der Waals surface area contributed by atoms with E-state index in [1.54, 1.807) is 104 Å². The molecule has 5 amide bonds. The number of anilines is 5. The predicted molar refractivity (Wildman–Crippen MR) is 511 cm³/mol. The van der Waals surface area contributed by atoms with E-state index in [1.807, 2.05) is 192 Å². The highest BCUT2D eigenvalue weighted by molar-refractivity contribution is 6.01. The summed E-state index contributed by atoms with van der Waals surface area (Å²) in [5.74, 6) is -3.10. The molecule has 0 atom stereocenters. The van der Waals surface area contributed by atoms with Gasteiger partial charge in [-0.1, -0.05) is 30.3 Å². The number of carboxylic acid groups (broad SMARTS) is 1. The van der Waals surface area contributed by atoms with Crippen molar-refractivity contribution in [2.75, 3.05) is 27.8 Å². The summed E-state index contributed by atoms with van der Waals surface area (Å²) in [6, 6.07) is 58.0. The highest BCUT2D eigenvalue weighted by Crippen LogP contribution is 2.41. The number of nitrogen functional groups attached to an aromatic ring is 3. The summed E-state index contributed by atoms with van der Waals surface area (Å²) in [6.07, 6.45) is 24.2. The molecule has 0 radical (unpaired) electrons. The molecule has 36 heteroatoms. The minimum Gasteiger partial charge on any atom is -0.477 e. The van der Waals surface area contributed by atoms with Gasteiger partial charge in [0.15, 0.2) is 5.69 Å². The molecule has 0 aromatic carbocycles. The number of aryl methyl sites for hydroxylation is 5. The van der Waals surface area contributed by atoms with Gasteiger partial charge in [0.25, 0.3) is 17.7 Å². The standard InChI is InChI=1S/C21H18N6O2.C21H16N6O.2C19H16N6O.C19H15N5O2/c1-12-4-3-5-16(25-12)20-19(15(8-9-23-20)26-13(2)28)14-6-7-18-24-10-17(21(22)29)27(18)11-14;1-13-4-3-5-18(25-13)21-20(17(8-9-23-21)26-14(2)28)15-6-7-19-24-11-16(10-22)27(19)12-15;1-11-3-2-4-15(24-11)18-14(7-13(20)8-23-18)12-5-6-17-22-9-16(19(21)26)25(17)10-12;1-11-3-2-4-14(24-11)18-17(13(20)7-8-22-18)12-5-6-16-23-9-15(19(21)26)25(16)10-12;1-11-3-2-4-15(23-11)18-14(7-13(20)8-22-18)12-5-6-17-21-9-16(19(25)26)24(17)10-12/h3-11H,1-2H3,(H2,22,29)(H,23,26,28);3-9,11-12H,1-2H3,(H,23,26,28);2-10H,20H2,1H3,(H2,21,26);2-10H,1H3,(H2,20,22)(H2,21,26);2-10H,20H2,1H3,(H,25,26). The second kappa shape index (κ2) is 38.3. The lowest BCUT2D eigenvalue weighted by molar-refractivity contribution is -0.115. The van der Waals surface area contributed by atoms with Crippen LogP contribution < -0.4 is 45.0 Å². The number of carbonyl (C=O) groups is 6. The molecule has 0 unspecified atom stereocenters. The van der Waals surface area contributed by atoms with Crippen LogP contribution >= 0.6 is 0 Å². The Morgan fingerprint density at radius 2 is 0.630 bits per heavy atom. The van der Waals surface area contributed by atoms with Crippen LogP contribution in [0.15, 0.2) is 275 Å². The Labute approximate surface area is 768 Å². The highest BCUT2D eigenvalue weighted by Gasteiger charge is 2.25. The number of carbonyl (C=O) groups excluding carboxylic acids is 5. The lowest BCUT2D eigenvalue weighted by atomic mass is 10.0. The second-order valence-corrected chi connectivity index (χ2v) is 30.8. The van der Waals surface area contributed by atoms with Gasteiger partial charge in [0, 0.05) is 153 Å². The third-order valence-electron chi connectivity index (χ3n) is 21.1. The average molecular weight is 1790 g/mol. The fraction of sp³-hybridized carbons (Fsp3) is 0.0707. The second-order valence-electron chi connectivity index (χ2n) is 30.8. The molecule has 0 saturated heterocycles. The van der Waals surface area contributed by atoms with Crippen molar-refractivity contribution in [2.24, 2.45) is 17.2 Å². The molecule has 0 spiro atoms. The van der Waals surface area contributed by atoms with E-state index >= 15 is 0 Å². The van der Waals surface area contributed by atoms with Gasteiger partial charge in [-0.15, -0.1) is 0 Å². The number of aromatic nitrogens is 20. The van der Waals surface area contributed by atoms with Crippen LogP contribution in [-0.4, -0.2) is 137 Å². The maximum Gasteiger partial charge on any atom is 0.354 e. The van der Waals surface area contributed by atoms with Gasteiger partial charge >= 0.3 is 5.97 Å². The Hall–Kier alpha value is -19.3. The Morgan fingerprint density at radius 3 is 0.970 bits per heavy atom. The lowest BCUT2D eigenvalue weighted by Gasteiger charge is -2.15. The highest BCUT2D eigenvalue weighted by atomic mass is 16.4. The summed E-state index contributed by atoms with van der Waals surface area (Å²) >= 11 is 0. The molecule has 20 heterocycles. The number of imidazole rings is 5. The van der Waals surface area contributed by atoms with Crippen LogP contribution in [0.3, 0.4) is 0 Å². The summed E-state index contributed by atoms with van der Waals surface area (Å²) in [7, 11) is 0. The molecule has 135 heavy (non-hydrogen) atoms. The largest absolute Gasteiger partial charge is 0.477 e. The number of nitrogens with one attached hydrogen (secondary N) is 2. The van der Waals surface area contributed by atoms with Crippen molar-refractivity contribution in [1.29, 1.82) is 5.26 Å². The van der Waals surface area contributed by atoms with Gasteiger partial charge in [-0.25, -0.2) is 29.7 Å². The SMILES string of the molecule is CC(=O)Nc1ccnc(-c2cccc(C)n2)c1-c1ccc2ncc(C#N)n2c1.CC(=O)Nc1ccnc(-c2cccc(C)n2)c1-c1ccc2ncc(C(N)=O)n2c1.Cc1cccc(-c2ncc(N)cc2-c2ccc3ncc(C(=O)O)n3c2)n1.Cc1cccc(-c2ncc(N)cc2-c2ccc3ncc(C(N)=O)n3c2)n1.Cc1cccc(-c2nccc(N)c2-c2ccc3ncc(C(N)=O)n3c2)n1. The van der Waals surface area contributed by atoms with Crippen molar-refractivity contribution < 1.29 is 33.9 Å². The number of nitrogens with zero attached hydrogens (tertiary/aromatic N) is 21. The number of nitrogens with two attached hydrogens (primary N) is 6. The van der Waals surface area contributed by atoms with Gasteiger partial charge in [-0.2, -0.15) is 5.26 Å². The molecule has 20 aromatic heterocycles. The number of fused-ring (bicyclic) bond motifs is 5. The van der Waals surface area contributed by atoms with Gasteiger partial charge < -0.3 is 50.1 Å². The van der Waals surface area contributed by atoms with E-state index in [0.717, 1.165) is 95.6 Å². The molecule has 15 N–H and O–H groups in total. The van der Waals surface area contributed by atoms with Gasteiger partial charge in [-0.05, 0) is 186 Å². The van der Waals surface area contributed by atoms with Crippen LogP contribution in [0.1, 0.15) is 90.0 Å². The Bertz CT molecular complexity index is 7960. The monoisotopic (exact) mass is 1790 g/mol. The number of carboxylic acids is 1. The van der Waals surface area contributed by atoms with E-state index in [-0.39, 0.29) is 23.2 Å². The van der Waals surface area contributed by atoms with E-state index in [9.17, 15) is 39.1 Å². The van der Waals surface area contributed by atoms with Crippen LogP contribution in [-0.2, 0) is 9.59 Å². The number of rotatable bonds is 16. The minimum atomic E-state index is -1.04. The minimum absolute atomic E-state index is 0.0916. The zero-order valence-corrected chi connectivity index (χ0v) is 73.2. The number of pyridine rings is 15. The van der Waals surface area contributed by atoms with Gasteiger partial charge in [0.2, 0.25) is 11.8 Å². The van der Waals surface area contributed by atoms with Crippen LogP contribution in [0.2, 0.25) is 0 Å². The van der Waals surface area contributed by atoms with Gasteiger partial charge in [-0.3, -0.25) is 95.8 Å². The normalized spacial score (nSPS) is 10.9. The number of hydrogen-bond donors (Lipinski definition) is 9. The summed E-state index contributed by atoms with van der Waals surface area (Å²) in [4.78, 5) is 136. The first-order valence-corrected chi connectivity index (χ1v) is 41.5. The summed E-state index contributed by atoms with van der Waals surface area (Å²) in [5, 5.41) is 24.4. The Morgan fingerprint density at radius 1 is 0.333 bits per heavy atom. The quantitative estimate of drug-likeness (QED) is 0.0434. The van der Waals surface area contributed by atoms with Gasteiger partial charge in [0.1, 0.15) is 57.1 Å². The first kappa shape index (κ1) is 89.1. The molecule has 0 aliphatic rings. The zero-order chi connectivity index (χ0) is 95.0. The van der Waals surface area contributed by atoms with E-state index in [2.05, 4.69) is 91.5 Å². The van der Waals surface area contributed by atoms with E-state index < -0.39 is 23.7 Å². The lowest BCUT2D eigenvalue weighted by Crippen LogP contribution is -2.13. The molecular weight excluding hydrogens is 1710 g/mol. The molecule has 0 aliphatic carbocycles. The topological polar surface area (TPSA) is 542 Å². The smallest absolute Gasteiger partial charge is 0.354 e. The molecule has 0 fully saturated rings. The van der Waals surface area contributed by atoms with Crippen molar-refractivity contribution in [2.45, 2.75) is 48.5 Å². The molecule has 0 aliphatic heterocycles. The maximum atomic E-state index is 11.8. The first-order valence-electron chi connectivity index (χ1n) is 41.5. The van der Waals surface area contributed by atoms with Crippen LogP contribution in [0, 0.1) is 45.9 Å². The van der Waals surface area contributed by atoms with E-state index in [0.29, 0.717) is 119 Å². The van der Waals surface area contributed by atoms with Crippen LogP contribution in [0.5, 0.6) is 0 Å². The van der Waals surface area contributed by atoms with Crippen molar-refractivity contribution in [1.82, 2.24) is 96.8 Å². The van der Waals surface area contributed by atoms with Crippen molar-refractivity contribution in [3.8, 4) is 119 Å². The van der Waals surface area contributed by atoms with E-state index in [1.165, 1.54) is 49.2 Å². The van der Waals surface area contributed by atoms with Crippen molar-refractivity contribution in [3.05, 3.63) is 332 Å². The fourth-order valence-electron chi connectivity index (χ4n) is 15.1. The number of aromatic carboxylic acids is 1. The summed E-state index contributed by atoms with van der Waals surface area (Å²) in [5.41, 5.74) is 60.8. The zero-order valence-electron chi connectivity index (χ0n) is 73.2. The fourth-order valence-corrected chi connectivity index (χ4v) is 15.1. The number of hydrogen-bond acceptors (Lipinski definition) is 25. The number of primary amides is 3. The van der Waals surface area contributed by atoms with Crippen molar-refractivity contribution in [3.63, 3.8) is 0 Å². The third-order valence-corrected chi connectivity index (χ3v) is 21.1. The predicted octanol–water partition coefficient (Wildman–Crippen LogP) is 14.4. The number of amides is 5. The Balaban J connectivity index is 0.000000123. The first-order chi connectivity index (χ1) is 65.1. The van der Waals surface area contributed by atoms with E-state index in [4.69, 9.17) is 34.4 Å². The molecule has 664 valence electrons. The van der Waals surface area contributed by atoms with Crippen molar-refractivity contribution >= 4 is 92.2 Å². The molecular formula is C99H81N29O7. The third kappa shape index (κ3) is 19.3. The van der Waals surface area contributed by atoms with Crippen LogP contribution in [0.4, 0.5) is 28.4 Å². The molecule has 0 bridgehead atoms. The molecule has 36 nitrogen and oxygen atoms in total. The average Bonchev–Trinajstić information content (AvgIpc) is 1.71. The maximum absolute atomic E-state index is 11.8. The molecule has 0 saturated carbocycles. The van der Waals surface area contributed by atoms with Gasteiger partial charge in [0.05, 0.1) is 123 Å². The Kier molecular flexibility index (Phi) is 25.3.